The molecule has 0 saturated heterocycles. The Hall–Kier alpha value is -4.63. The van der Waals surface area contributed by atoms with Crippen LogP contribution in [0.3, 0.4) is 0 Å². The molecule has 0 fully saturated rings. The van der Waals surface area contributed by atoms with Gasteiger partial charge in [-0.1, -0.05) is 42.5 Å². The maximum atomic E-state index is 11.4. The van der Waals surface area contributed by atoms with Gasteiger partial charge in [-0.2, -0.15) is 5.26 Å². The number of nitrogens with one attached hydrogen (secondary N) is 1. The lowest BCUT2D eigenvalue weighted by Gasteiger charge is -2.10. The van der Waals surface area contributed by atoms with Gasteiger partial charge in [0.25, 0.3) is 0 Å². The number of fused-ring (bicyclic) bond motifs is 2. The van der Waals surface area contributed by atoms with Gasteiger partial charge in [-0.25, -0.2) is 13.6 Å². The van der Waals surface area contributed by atoms with Crippen molar-refractivity contribution in [1.82, 2.24) is 4.57 Å². The van der Waals surface area contributed by atoms with Crippen molar-refractivity contribution in [3.05, 3.63) is 96.1 Å². The van der Waals surface area contributed by atoms with Gasteiger partial charge in [-0.05, 0) is 71.0 Å². The van der Waals surface area contributed by atoms with Crippen LogP contribution in [0.1, 0.15) is 11.1 Å². The van der Waals surface area contributed by atoms with Crippen molar-refractivity contribution in [2.75, 3.05) is 5.32 Å². The van der Waals surface area contributed by atoms with E-state index < -0.39 is 10.0 Å². The first-order chi connectivity index (χ1) is 18.2. The van der Waals surface area contributed by atoms with Gasteiger partial charge < -0.3 is 15.0 Å². The number of rotatable bonds is 5. The van der Waals surface area contributed by atoms with Crippen molar-refractivity contribution < 1.29 is 13.5 Å². The zero-order chi connectivity index (χ0) is 26.9. The summed E-state index contributed by atoms with van der Waals surface area (Å²) in [6, 6.07) is 26.9. The minimum Gasteiger partial charge on any atom is -0.493 e. The van der Waals surface area contributed by atoms with Gasteiger partial charge in [0.05, 0.1) is 28.6 Å². The van der Waals surface area contributed by atoms with Crippen LogP contribution in [0.25, 0.3) is 21.7 Å². The first kappa shape index (κ1) is 25.0. The van der Waals surface area contributed by atoms with Gasteiger partial charge in [0.2, 0.25) is 21.0 Å². The molecule has 5 aromatic rings. The number of anilines is 1. The second-order valence-electron chi connectivity index (χ2n) is 8.44. The summed E-state index contributed by atoms with van der Waals surface area (Å²) in [7, 11) is -3.81. The van der Waals surface area contributed by atoms with Crippen LogP contribution in [0.15, 0.2) is 100 Å². The molecule has 0 saturated carbocycles. The lowest BCUT2D eigenvalue weighted by Crippen LogP contribution is -2.12. The molecule has 0 radical (unpaired) electrons. The van der Waals surface area contributed by atoms with Crippen molar-refractivity contribution in [3.63, 3.8) is 0 Å². The normalized spacial score (nSPS) is 11.7. The van der Waals surface area contributed by atoms with Gasteiger partial charge in [0.15, 0.2) is 5.69 Å². The standard InChI is InChI=1S/C27H20N6O3S2/c28-15-17-8-13-24-23(14-17)25(31-32-27(37)30-20-9-11-21(12-10-20)38(29,35)36)26(34)33(24)16-19-6-3-5-18-4-1-2-7-22(18)19/h1-14,34H,16H2,(H,30,37)(H2,29,35,36). The molecule has 5 rings (SSSR count). The van der Waals surface area contributed by atoms with Crippen molar-refractivity contribution in [1.29, 1.82) is 5.26 Å². The quantitative estimate of drug-likeness (QED) is 0.197. The molecule has 0 aliphatic heterocycles. The number of nitriles is 1. The molecule has 188 valence electrons. The highest BCUT2D eigenvalue weighted by atomic mass is 32.2. The maximum Gasteiger partial charge on any atom is 0.238 e. The maximum absolute atomic E-state index is 11.4. The Morgan fingerprint density at radius 3 is 2.50 bits per heavy atom. The number of benzene rings is 4. The Bertz CT molecular complexity index is 1880. The number of nitrogens with zero attached hydrogens (tertiary/aromatic N) is 4. The van der Waals surface area contributed by atoms with Gasteiger partial charge in [-0.15, -0.1) is 10.2 Å². The molecule has 11 heteroatoms. The fourth-order valence-electron chi connectivity index (χ4n) is 4.22. The average Bonchev–Trinajstić information content (AvgIpc) is 3.17. The number of primary sulfonamides is 1. The highest BCUT2D eigenvalue weighted by Gasteiger charge is 2.18. The number of aromatic nitrogens is 1. The second-order valence-corrected chi connectivity index (χ2v) is 10.4. The van der Waals surface area contributed by atoms with E-state index in [4.69, 9.17) is 17.4 Å². The minimum absolute atomic E-state index is 0.0147. The molecule has 0 amide bonds. The van der Waals surface area contributed by atoms with E-state index in [9.17, 15) is 18.8 Å². The fraction of sp³-hybridized carbons (Fsp3) is 0.0370. The van der Waals surface area contributed by atoms with Crippen molar-refractivity contribution >= 4 is 60.4 Å². The molecule has 4 aromatic carbocycles. The van der Waals surface area contributed by atoms with E-state index in [0.717, 1.165) is 16.3 Å². The highest BCUT2D eigenvalue weighted by Crippen LogP contribution is 2.40. The zero-order valence-electron chi connectivity index (χ0n) is 19.7. The zero-order valence-corrected chi connectivity index (χ0v) is 21.4. The van der Waals surface area contributed by atoms with E-state index in [1.807, 2.05) is 42.5 Å². The number of thiocarbonyl (C=S) groups is 1. The molecule has 0 aliphatic rings. The molecular formula is C27H20N6O3S2. The predicted molar refractivity (Wildman–Crippen MR) is 150 cm³/mol. The number of hydrogen-bond donors (Lipinski definition) is 3. The Balaban J connectivity index is 1.49. The minimum atomic E-state index is -3.81. The number of hydrogen-bond acceptors (Lipinski definition) is 6. The van der Waals surface area contributed by atoms with E-state index in [-0.39, 0.29) is 21.6 Å². The highest BCUT2D eigenvalue weighted by molar-refractivity contribution is 7.89. The van der Waals surface area contributed by atoms with Gasteiger partial charge in [0, 0.05) is 11.1 Å². The van der Waals surface area contributed by atoms with Gasteiger partial charge >= 0.3 is 0 Å². The first-order valence-corrected chi connectivity index (χ1v) is 13.3. The third-order valence-electron chi connectivity index (χ3n) is 6.02. The Labute approximate surface area is 223 Å². The summed E-state index contributed by atoms with van der Waals surface area (Å²) < 4.78 is 24.6. The van der Waals surface area contributed by atoms with E-state index >= 15 is 0 Å². The number of sulfonamides is 1. The molecule has 0 bridgehead atoms. The summed E-state index contributed by atoms with van der Waals surface area (Å²) in [5.74, 6) is -0.118. The largest absolute Gasteiger partial charge is 0.493 e. The Morgan fingerprint density at radius 2 is 1.76 bits per heavy atom. The van der Waals surface area contributed by atoms with Crippen LogP contribution in [-0.4, -0.2) is 23.2 Å². The first-order valence-electron chi connectivity index (χ1n) is 11.3. The molecule has 38 heavy (non-hydrogen) atoms. The second kappa shape index (κ2) is 10.0. The smallest absolute Gasteiger partial charge is 0.238 e. The third-order valence-corrected chi connectivity index (χ3v) is 7.14. The predicted octanol–water partition coefficient (Wildman–Crippen LogP) is 5.55. The third kappa shape index (κ3) is 4.96. The van der Waals surface area contributed by atoms with Crippen LogP contribution < -0.4 is 10.5 Å². The SMILES string of the molecule is N#Cc1ccc2c(c1)c(N=NC(=S)Nc1ccc(S(N)(=O)=O)cc1)c(O)n2Cc1cccc2ccccc12. The molecule has 1 aromatic heterocycles. The van der Waals surface area contributed by atoms with Crippen LogP contribution in [0, 0.1) is 11.3 Å². The summed E-state index contributed by atoms with van der Waals surface area (Å²) in [6.45, 7) is 0.365. The molecule has 4 N–H and O–H groups in total. The molecule has 0 spiro atoms. The summed E-state index contributed by atoms with van der Waals surface area (Å²) >= 11 is 5.27. The van der Waals surface area contributed by atoms with E-state index in [2.05, 4.69) is 21.6 Å². The molecule has 9 nitrogen and oxygen atoms in total. The van der Waals surface area contributed by atoms with Crippen LogP contribution in [0.4, 0.5) is 11.4 Å². The Kier molecular flexibility index (Phi) is 6.61. The molecule has 0 unspecified atom stereocenters. The van der Waals surface area contributed by atoms with Crippen LogP contribution >= 0.6 is 12.2 Å². The van der Waals surface area contributed by atoms with Crippen LogP contribution in [0.2, 0.25) is 0 Å². The van der Waals surface area contributed by atoms with Crippen molar-refractivity contribution in [3.8, 4) is 11.9 Å². The number of aromatic hydroxyl groups is 1. The monoisotopic (exact) mass is 540 g/mol. The van der Waals surface area contributed by atoms with E-state index in [1.165, 1.54) is 24.3 Å². The summed E-state index contributed by atoms with van der Waals surface area (Å²) in [5, 5.41) is 39.5. The van der Waals surface area contributed by atoms with E-state index in [1.54, 1.807) is 22.8 Å². The molecular weight excluding hydrogens is 520 g/mol. The van der Waals surface area contributed by atoms with Gasteiger partial charge in [-0.3, -0.25) is 0 Å². The summed E-state index contributed by atoms with van der Waals surface area (Å²) in [6.07, 6.45) is 0. The fourth-order valence-corrected chi connectivity index (χ4v) is 4.90. The topological polar surface area (TPSA) is 146 Å². The van der Waals surface area contributed by atoms with Crippen LogP contribution in [0.5, 0.6) is 5.88 Å². The number of nitrogens with two attached hydrogens (primary N) is 1. The van der Waals surface area contributed by atoms with E-state index in [0.29, 0.717) is 28.7 Å². The van der Waals surface area contributed by atoms with Crippen molar-refractivity contribution in [2.45, 2.75) is 11.4 Å². The molecule has 0 atom stereocenters. The van der Waals surface area contributed by atoms with Gasteiger partial charge in [0.1, 0.15) is 0 Å². The lowest BCUT2D eigenvalue weighted by molar-refractivity contribution is 0.430. The number of azo groups is 1. The summed E-state index contributed by atoms with van der Waals surface area (Å²) in [4.78, 5) is -0.0344. The Morgan fingerprint density at radius 1 is 1.03 bits per heavy atom. The van der Waals surface area contributed by atoms with Crippen LogP contribution in [-0.2, 0) is 16.6 Å². The lowest BCUT2D eigenvalue weighted by atomic mass is 10.0. The average molecular weight is 541 g/mol. The summed E-state index contributed by atoms with van der Waals surface area (Å²) in [5.41, 5.74) is 2.75. The van der Waals surface area contributed by atoms with Crippen molar-refractivity contribution in [2.24, 2.45) is 15.4 Å². The molecule has 0 aliphatic carbocycles. The molecule has 1 heterocycles.